The molecule has 2 N–H and O–H groups in total. The van der Waals surface area contributed by atoms with Crippen LogP contribution in [0.1, 0.15) is 33.5 Å². The standard InChI is InChI=1S/C32H30N2O4S.Li.H/c1-22-8-6-7-11-26(22)28-20-23(14-16-27(28)31(35)34-29(32(36)37)18-19-39-2)12-13-24-15-17-30(33-21-24)38-25-9-4-3-5-10-25;;/h3-17,20-21,29H,18-19H2,1-2H3,(H,34,35)(H,36,37);;. The van der Waals surface area contributed by atoms with E-state index in [2.05, 4.69) is 10.3 Å². The van der Waals surface area contributed by atoms with Crippen LogP contribution in [0.2, 0.25) is 0 Å². The number of benzene rings is 3. The fourth-order valence-corrected chi connectivity index (χ4v) is 4.51. The van der Waals surface area contributed by atoms with E-state index in [1.54, 1.807) is 24.0 Å². The summed E-state index contributed by atoms with van der Waals surface area (Å²) < 4.78 is 5.76. The topological polar surface area (TPSA) is 88.5 Å². The van der Waals surface area contributed by atoms with Gasteiger partial charge in [0, 0.05) is 17.8 Å². The minimum absolute atomic E-state index is 0. The zero-order valence-electron chi connectivity index (χ0n) is 21.8. The molecule has 200 valence electrons. The number of hydrogen-bond acceptors (Lipinski definition) is 5. The Morgan fingerprint density at radius 3 is 2.33 bits per heavy atom. The van der Waals surface area contributed by atoms with Crippen LogP contribution in [0.25, 0.3) is 23.3 Å². The number of aromatic nitrogens is 1. The normalized spacial score (nSPS) is 11.4. The molecule has 0 spiro atoms. The maximum atomic E-state index is 13.3. The molecule has 1 unspecified atom stereocenters. The Kier molecular flexibility index (Phi) is 11.6. The van der Waals surface area contributed by atoms with Crippen molar-refractivity contribution in [2.45, 2.75) is 19.4 Å². The van der Waals surface area contributed by atoms with Gasteiger partial charge in [0.1, 0.15) is 11.8 Å². The first kappa shape index (κ1) is 30.8. The summed E-state index contributed by atoms with van der Waals surface area (Å²) in [5, 5.41) is 12.3. The van der Waals surface area contributed by atoms with E-state index in [1.807, 2.05) is 104 Å². The van der Waals surface area contributed by atoms with E-state index in [0.29, 0.717) is 23.6 Å². The van der Waals surface area contributed by atoms with Crippen molar-refractivity contribution in [2.75, 3.05) is 12.0 Å². The predicted octanol–water partition coefficient (Wildman–Crippen LogP) is 6.31. The van der Waals surface area contributed by atoms with Crippen LogP contribution in [0.3, 0.4) is 0 Å². The SMILES string of the molecule is CSCCC(NC(=O)c1ccc(C=Cc2ccc(Oc3ccccc3)nc2)cc1-c1ccccc1C)C(=O)O.[LiH]. The number of aliphatic carboxylic acids is 1. The monoisotopic (exact) mass is 546 g/mol. The van der Waals surface area contributed by atoms with Gasteiger partial charge in [0.05, 0.1) is 0 Å². The Balaban J connectivity index is 0.00000441. The average Bonchev–Trinajstić information content (AvgIpc) is 2.95. The number of ether oxygens (including phenoxy) is 1. The Hall–Kier alpha value is -3.76. The number of hydrogen-bond donors (Lipinski definition) is 2. The Bertz CT molecular complexity index is 1460. The second-order valence-corrected chi connectivity index (χ2v) is 9.93. The third-order valence-corrected chi connectivity index (χ3v) is 6.77. The summed E-state index contributed by atoms with van der Waals surface area (Å²) in [5.41, 5.74) is 4.90. The molecule has 1 aromatic heterocycles. The van der Waals surface area contributed by atoms with E-state index in [-0.39, 0.29) is 18.9 Å². The number of carboxylic acid groups (broad SMARTS) is 1. The van der Waals surface area contributed by atoms with Gasteiger partial charge in [0.25, 0.3) is 5.91 Å². The molecule has 0 bridgehead atoms. The summed E-state index contributed by atoms with van der Waals surface area (Å²) in [7, 11) is 0. The molecule has 0 aliphatic carbocycles. The molecule has 3 aromatic carbocycles. The van der Waals surface area contributed by atoms with Gasteiger partial charge in [-0.2, -0.15) is 11.8 Å². The third kappa shape index (κ3) is 8.37. The van der Waals surface area contributed by atoms with Gasteiger partial charge in [-0.05, 0) is 83.5 Å². The summed E-state index contributed by atoms with van der Waals surface area (Å²) in [6.07, 6.45) is 7.90. The summed E-state index contributed by atoms with van der Waals surface area (Å²) in [5.74, 6) is 0.423. The fourth-order valence-electron chi connectivity index (χ4n) is 4.04. The van der Waals surface area contributed by atoms with Gasteiger partial charge < -0.3 is 15.2 Å². The van der Waals surface area contributed by atoms with Crippen molar-refractivity contribution in [3.05, 3.63) is 113 Å². The molecule has 0 fully saturated rings. The fraction of sp³-hybridized carbons (Fsp3) is 0.156. The van der Waals surface area contributed by atoms with Crippen molar-refractivity contribution in [1.82, 2.24) is 10.3 Å². The van der Waals surface area contributed by atoms with Crippen LogP contribution in [-0.4, -0.2) is 58.9 Å². The second kappa shape index (κ2) is 15.1. The molecule has 4 aromatic rings. The van der Waals surface area contributed by atoms with Crippen molar-refractivity contribution in [3.8, 4) is 22.8 Å². The number of rotatable bonds is 11. The van der Waals surface area contributed by atoms with Crippen LogP contribution in [0, 0.1) is 6.92 Å². The summed E-state index contributed by atoms with van der Waals surface area (Å²) in [6.45, 7) is 1.99. The van der Waals surface area contributed by atoms with Crippen LogP contribution in [0.5, 0.6) is 11.6 Å². The summed E-state index contributed by atoms with van der Waals surface area (Å²) in [6, 6.07) is 25.7. The molecule has 1 amide bonds. The van der Waals surface area contributed by atoms with Gasteiger partial charge in [-0.15, -0.1) is 0 Å². The van der Waals surface area contributed by atoms with Crippen LogP contribution in [0.4, 0.5) is 0 Å². The van der Waals surface area contributed by atoms with Gasteiger partial charge >= 0.3 is 24.8 Å². The van der Waals surface area contributed by atoms with E-state index in [4.69, 9.17) is 4.74 Å². The van der Waals surface area contributed by atoms with Gasteiger partial charge in [-0.25, -0.2) is 9.78 Å². The molecule has 0 aliphatic heterocycles. The Labute approximate surface area is 251 Å². The van der Waals surface area contributed by atoms with Crippen molar-refractivity contribution in [1.29, 1.82) is 0 Å². The number of carboxylic acids is 1. The average molecular weight is 547 g/mol. The van der Waals surface area contributed by atoms with E-state index in [9.17, 15) is 14.7 Å². The Morgan fingerprint density at radius 1 is 0.950 bits per heavy atom. The molecule has 1 heterocycles. The second-order valence-electron chi connectivity index (χ2n) is 8.94. The summed E-state index contributed by atoms with van der Waals surface area (Å²) >= 11 is 1.55. The quantitative estimate of drug-likeness (QED) is 0.215. The van der Waals surface area contributed by atoms with Crippen LogP contribution in [-0.2, 0) is 4.79 Å². The van der Waals surface area contributed by atoms with E-state index in [0.717, 1.165) is 33.6 Å². The number of aryl methyl sites for hydroxylation is 1. The van der Waals surface area contributed by atoms with Crippen molar-refractivity contribution < 1.29 is 19.4 Å². The van der Waals surface area contributed by atoms with Crippen LogP contribution >= 0.6 is 11.8 Å². The number of carbonyl (C=O) groups is 2. The number of pyridine rings is 1. The zero-order valence-corrected chi connectivity index (χ0v) is 22.7. The van der Waals surface area contributed by atoms with Crippen molar-refractivity contribution in [2.24, 2.45) is 0 Å². The first-order valence-corrected chi connectivity index (χ1v) is 13.9. The number of nitrogens with zero attached hydrogens (tertiary/aromatic N) is 1. The van der Waals surface area contributed by atoms with E-state index >= 15 is 0 Å². The zero-order chi connectivity index (χ0) is 27.6. The van der Waals surface area contributed by atoms with Gasteiger partial charge in [0.15, 0.2) is 0 Å². The molecule has 0 saturated carbocycles. The molecule has 40 heavy (non-hydrogen) atoms. The first-order valence-electron chi connectivity index (χ1n) is 12.5. The van der Waals surface area contributed by atoms with Crippen LogP contribution < -0.4 is 10.1 Å². The summed E-state index contributed by atoms with van der Waals surface area (Å²) in [4.78, 5) is 29.4. The number of nitrogens with one attached hydrogen (secondary N) is 1. The number of amides is 1. The molecular weight excluding hydrogens is 515 g/mol. The molecule has 4 rings (SSSR count). The number of thioether (sulfide) groups is 1. The third-order valence-electron chi connectivity index (χ3n) is 6.13. The van der Waals surface area contributed by atoms with Gasteiger partial charge in [0.2, 0.25) is 5.88 Å². The van der Waals surface area contributed by atoms with E-state index < -0.39 is 17.9 Å². The van der Waals surface area contributed by atoms with Gasteiger partial charge in [-0.1, -0.05) is 60.7 Å². The maximum absolute atomic E-state index is 13.3. The molecule has 8 heteroatoms. The minimum atomic E-state index is -1.04. The Morgan fingerprint density at radius 2 is 1.65 bits per heavy atom. The molecule has 0 saturated heterocycles. The number of para-hydroxylation sites is 1. The molecule has 0 radical (unpaired) electrons. The molecule has 6 nitrogen and oxygen atoms in total. The molecule has 0 aliphatic rings. The van der Waals surface area contributed by atoms with Crippen molar-refractivity contribution >= 4 is 54.7 Å². The number of carbonyl (C=O) groups excluding carboxylic acids is 1. The first-order chi connectivity index (χ1) is 18.9. The molecular formula is C32H31LiN2O4S. The molecule has 1 atom stereocenters. The van der Waals surface area contributed by atoms with Gasteiger partial charge in [-0.3, -0.25) is 4.79 Å². The van der Waals surface area contributed by atoms with Crippen LogP contribution in [0.15, 0.2) is 91.1 Å². The van der Waals surface area contributed by atoms with E-state index in [1.165, 1.54) is 0 Å². The predicted molar refractivity (Wildman–Crippen MR) is 165 cm³/mol. The van der Waals surface area contributed by atoms with Crippen molar-refractivity contribution in [3.63, 3.8) is 0 Å².